The average molecular weight is 544 g/mol. The topological polar surface area (TPSA) is 85.4 Å². The van der Waals surface area contributed by atoms with E-state index in [0.29, 0.717) is 6.42 Å². The molecule has 0 spiro atoms. The van der Waals surface area contributed by atoms with Crippen molar-refractivity contribution in [2.75, 3.05) is 33.3 Å². The molecule has 3 atom stereocenters. The summed E-state index contributed by atoms with van der Waals surface area (Å²) in [6.45, 7) is 4.95. The lowest BCUT2D eigenvalue weighted by atomic mass is 9.92. The van der Waals surface area contributed by atoms with Crippen LogP contribution in [0, 0.1) is 17.6 Å². The van der Waals surface area contributed by atoms with Gasteiger partial charge in [0.25, 0.3) is 0 Å². The summed E-state index contributed by atoms with van der Waals surface area (Å²) >= 11 is 0. The zero-order valence-electron chi connectivity index (χ0n) is 22.5. The smallest absolute Gasteiger partial charge is 0.334 e. The van der Waals surface area contributed by atoms with Crippen LogP contribution in [0.2, 0.25) is 0 Å². The van der Waals surface area contributed by atoms with Crippen molar-refractivity contribution >= 4 is 17.8 Å². The minimum absolute atomic E-state index is 0.0402. The van der Waals surface area contributed by atoms with Crippen LogP contribution in [-0.4, -0.2) is 83.2 Å². The average Bonchev–Trinajstić information content (AvgIpc) is 2.92. The SMILES string of the molecule is CCC(C)[C@H]1C(=O)N(CCOCc2ccc(F)cc2)C[C@H]2N1C(=O)CN(C)N2C(=O)NCc1ccc(F)cc1. The van der Waals surface area contributed by atoms with Crippen LogP contribution in [-0.2, 0) is 27.5 Å². The number of urea groups is 1. The third kappa shape index (κ3) is 6.54. The largest absolute Gasteiger partial charge is 0.375 e. The molecule has 0 aromatic heterocycles. The molecule has 2 fully saturated rings. The Hall–Kier alpha value is -3.57. The summed E-state index contributed by atoms with van der Waals surface area (Å²) in [6, 6.07) is 10.7. The second-order valence-electron chi connectivity index (χ2n) is 10.0. The van der Waals surface area contributed by atoms with Gasteiger partial charge in [0, 0.05) is 20.1 Å². The van der Waals surface area contributed by atoms with E-state index in [4.69, 9.17) is 4.74 Å². The Morgan fingerprint density at radius 1 is 1.05 bits per heavy atom. The van der Waals surface area contributed by atoms with E-state index < -0.39 is 18.2 Å². The zero-order chi connectivity index (χ0) is 28.1. The third-order valence-corrected chi connectivity index (χ3v) is 7.31. The molecule has 2 aliphatic rings. The number of halogens is 2. The van der Waals surface area contributed by atoms with Crippen molar-refractivity contribution in [3.05, 3.63) is 71.3 Å². The normalized spacial score (nSPS) is 20.7. The van der Waals surface area contributed by atoms with Gasteiger partial charge in [-0.25, -0.2) is 23.6 Å². The van der Waals surface area contributed by atoms with Gasteiger partial charge in [-0.05, 0) is 41.3 Å². The number of hydrogen-bond donors (Lipinski definition) is 1. The molecule has 2 saturated heterocycles. The molecule has 2 aromatic rings. The number of piperazine rings is 1. The van der Waals surface area contributed by atoms with Crippen molar-refractivity contribution in [2.24, 2.45) is 5.92 Å². The number of fused-ring (bicyclic) bond motifs is 1. The number of nitrogens with one attached hydrogen (secondary N) is 1. The number of amides is 4. The van der Waals surface area contributed by atoms with Crippen LogP contribution >= 0.6 is 0 Å². The van der Waals surface area contributed by atoms with Gasteiger partial charge in [0.1, 0.15) is 23.8 Å². The summed E-state index contributed by atoms with van der Waals surface area (Å²) < 4.78 is 32.2. The van der Waals surface area contributed by atoms with E-state index in [2.05, 4.69) is 5.32 Å². The predicted octanol–water partition coefficient (Wildman–Crippen LogP) is 2.97. The highest BCUT2D eigenvalue weighted by atomic mass is 19.1. The van der Waals surface area contributed by atoms with Crippen molar-refractivity contribution < 1.29 is 27.9 Å². The fourth-order valence-electron chi connectivity index (χ4n) is 5.00. The van der Waals surface area contributed by atoms with Crippen molar-refractivity contribution in [2.45, 2.75) is 45.6 Å². The highest BCUT2D eigenvalue weighted by molar-refractivity contribution is 5.91. The van der Waals surface area contributed by atoms with Gasteiger partial charge >= 0.3 is 6.03 Å². The fourth-order valence-corrected chi connectivity index (χ4v) is 5.00. The highest BCUT2D eigenvalue weighted by Gasteiger charge is 2.51. The number of carbonyl (C=O) groups is 3. The van der Waals surface area contributed by atoms with Crippen LogP contribution in [0.3, 0.4) is 0 Å². The molecule has 0 saturated carbocycles. The van der Waals surface area contributed by atoms with Gasteiger partial charge in [0.15, 0.2) is 0 Å². The molecule has 0 radical (unpaired) electrons. The molecule has 2 heterocycles. The molecule has 9 nitrogen and oxygen atoms in total. The van der Waals surface area contributed by atoms with Crippen LogP contribution < -0.4 is 5.32 Å². The Balaban J connectivity index is 1.48. The number of benzene rings is 2. The lowest BCUT2D eigenvalue weighted by Gasteiger charge is -2.55. The Bertz CT molecular complexity index is 1160. The number of likely N-dealkylation sites (N-methyl/N-ethyl adjacent to an activating group) is 1. The molecule has 2 aliphatic heterocycles. The third-order valence-electron chi connectivity index (χ3n) is 7.31. The van der Waals surface area contributed by atoms with E-state index in [0.717, 1.165) is 11.1 Å². The predicted molar refractivity (Wildman–Crippen MR) is 140 cm³/mol. The maximum atomic E-state index is 13.6. The summed E-state index contributed by atoms with van der Waals surface area (Å²) in [5, 5.41) is 5.91. The second kappa shape index (κ2) is 12.5. The maximum absolute atomic E-state index is 13.6. The number of nitrogens with zero attached hydrogens (tertiary/aromatic N) is 4. The summed E-state index contributed by atoms with van der Waals surface area (Å²) in [6.07, 6.45) is -0.0210. The zero-order valence-corrected chi connectivity index (χ0v) is 22.5. The van der Waals surface area contributed by atoms with E-state index in [1.54, 1.807) is 46.1 Å². The lowest BCUT2D eigenvalue weighted by Crippen LogP contribution is -2.76. The van der Waals surface area contributed by atoms with E-state index in [-0.39, 0.29) is 68.8 Å². The van der Waals surface area contributed by atoms with Crippen LogP contribution in [0.1, 0.15) is 31.4 Å². The highest BCUT2D eigenvalue weighted by Crippen LogP contribution is 2.30. The Morgan fingerprint density at radius 2 is 1.67 bits per heavy atom. The van der Waals surface area contributed by atoms with Gasteiger partial charge in [-0.15, -0.1) is 0 Å². The van der Waals surface area contributed by atoms with Crippen molar-refractivity contribution in [3.8, 4) is 0 Å². The van der Waals surface area contributed by atoms with Gasteiger partial charge < -0.3 is 19.9 Å². The Morgan fingerprint density at radius 3 is 2.28 bits per heavy atom. The first kappa shape index (κ1) is 28.4. The molecule has 4 amide bonds. The first-order valence-electron chi connectivity index (χ1n) is 13.1. The minimum Gasteiger partial charge on any atom is -0.375 e. The first-order valence-corrected chi connectivity index (χ1v) is 13.1. The number of rotatable bonds is 9. The second-order valence-corrected chi connectivity index (χ2v) is 10.0. The quantitative estimate of drug-likeness (QED) is 0.492. The molecule has 1 N–H and O–H groups in total. The number of hydrogen-bond acceptors (Lipinski definition) is 5. The van der Waals surface area contributed by atoms with Gasteiger partial charge in [-0.2, -0.15) is 0 Å². The summed E-state index contributed by atoms with van der Waals surface area (Å²) in [4.78, 5) is 43.4. The number of hydrazine groups is 1. The first-order chi connectivity index (χ1) is 18.7. The van der Waals surface area contributed by atoms with E-state index in [9.17, 15) is 23.2 Å². The van der Waals surface area contributed by atoms with Gasteiger partial charge in [0.2, 0.25) is 11.8 Å². The summed E-state index contributed by atoms with van der Waals surface area (Å²) in [5.74, 6) is -1.19. The van der Waals surface area contributed by atoms with Gasteiger partial charge in [-0.3, -0.25) is 9.59 Å². The Labute approximate surface area is 227 Å². The molecule has 0 aliphatic carbocycles. The molecular weight excluding hydrogens is 508 g/mol. The fraction of sp³-hybridized carbons (Fsp3) is 0.464. The molecular formula is C28H35F2N5O4. The summed E-state index contributed by atoms with van der Waals surface area (Å²) in [7, 11) is 1.66. The van der Waals surface area contributed by atoms with Crippen LogP contribution in [0.4, 0.5) is 13.6 Å². The molecule has 210 valence electrons. The monoisotopic (exact) mass is 543 g/mol. The maximum Gasteiger partial charge on any atom is 0.334 e. The van der Waals surface area contributed by atoms with Crippen LogP contribution in [0.5, 0.6) is 0 Å². The van der Waals surface area contributed by atoms with E-state index in [1.165, 1.54) is 29.3 Å². The molecule has 39 heavy (non-hydrogen) atoms. The van der Waals surface area contributed by atoms with Crippen molar-refractivity contribution in [3.63, 3.8) is 0 Å². The molecule has 1 unspecified atom stereocenters. The minimum atomic E-state index is -0.709. The van der Waals surface area contributed by atoms with Crippen LogP contribution in [0.15, 0.2) is 48.5 Å². The molecule has 2 aromatic carbocycles. The molecule has 4 rings (SSSR count). The Kier molecular flexibility index (Phi) is 9.13. The number of ether oxygens (including phenoxy) is 1. The standard InChI is InChI=1S/C28H35F2N5O4/c1-4-19(2)26-27(37)33(13-14-39-18-21-7-11-23(30)12-8-21)16-24-34(26)25(36)17-32(3)35(24)28(38)31-15-20-5-9-22(29)10-6-20/h5-12,19,24,26H,4,13-18H2,1-3H3,(H,31,38)/t19?,24-,26-/m0/s1. The van der Waals surface area contributed by atoms with Crippen LogP contribution in [0.25, 0.3) is 0 Å². The van der Waals surface area contributed by atoms with Gasteiger partial charge in [-0.1, -0.05) is 44.5 Å². The van der Waals surface area contributed by atoms with Crippen molar-refractivity contribution in [1.29, 1.82) is 0 Å². The van der Waals surface area contributed by atoms with E-state index in [1.807, 2.05) is 13.8 Å². The molecule has 0 bridgehead atoms. The lowest BCUT2D eigenvalue weighted by molar-refractivity contribution is -0.190. The van der Waals surface area contributed by atoms with Crippen molar-refractivity contribution in [1.82, 2.24) is 25.1 Å². The van der Waals surface area contributed by atoms with E-state index >= 15 is 0 Å². The summed E-state index contributed by atoms with van der Waals surface area (Å²) in [5.41, 5.74) is 1.54. The van der Waals surface area contributed by atoms with Gasteiger partial charge in [0.05, 0.1) is 26.3 Å². The number of carbonyl (C=O) groups excluding carboxylic acids is 3. The molecule has 11 heteroatoms.